The molecule has 1 N–H and O–H groups in total. The summed E-state index contributed by atoms with van der Waals surface area (Å²) < 4.78 is 0.847. The largest absolute Gasteiger partial charge is 0.342 e. The zero-order valence-corrected chi connectivity index (χ0v) is 17.3. The van der Waals surface area contributed by atoms with Crippen LogP contribution >= 0.6 is 23.4 Å². The van der Waals surface area contributed by atoms with E-state index < -0.39 is 5.72 Å². The summed E-state index contributed by atoms with van der Waals surface area (Å²) in [4.78, 5) is 4.98. The van der Waals surface area contributed by atoms with Gasteiger partial charge in [0.05, 0.1) is 31.0 Å². The molecule has 142 valence electrons. The van der Waals surface area contributed by atoms with Crippen LogP contribution in [-0.2, 0) is 0 Å². The number of para-hydroxylation sites is 1. The molecular weight excluding hydrogens is 376 g/mol. The molecule has 2 fully saturated rings. The van der Waals surface area contributed by atoms with Gasteiger partial charge in [0.15, 0.2) is 0 Å². The van der Waals surface area contributed by atoms with Gasteiger partial charge >= 0.3 is 0 Å². The predicted octanol–water partition coefficient (Wildman–Crippen LogP) is 5.42. The lowest BCUT2D eigenvalue weighted by atomic mass is 9.98. The molecule has 5 heteroatoms. The molecule has 1 unspecified atom stereocenters. The zero-order chi connectivity index (χ0) is 18.6. The molecule has 3 nitrogen and oxygen atoms in total. The molecule has 3 aliphatic heterocycles. The Morgan fingerprint density at radius 2 is 1.89 bits per heavy atom. The molecule has 1 atom stereocenters. The van der Waals surface area contributed by atoms with Crippen LogP contribution in [0.4, 0.5) is 11.4 Å². The van der Waals surface area contributed by atoms with E-state index in [1.54, 1.807) is 0 Å². The average molecular weight is 402 g/mol. The van der Waals surface area contributed by atoms with Crippen LogP contribution in [0.1, 0.15) is 32.1 Å². The summed E-state index contributed by atoms with van der Waals surface area (Å²) in [5.74, 6) is 0. The highest BCUT2D eigenvalue weighted by Crippen LogP contribution is 2.51. The molecule has 0 aromatic heterocycles. The van der Waals surface area contributed by atoms with Crippen LogP contribution in [0.15, 0.2) is 52.3 Å². The Morgan fingerprint density at radius 1 is 1.15 bits per heavy atom. The summed E-state index contributed by atoms with van der Waals surface area (Å²) in [6.45, 7) is 1.98. The number of anilines is 2. The molecule has 2 bridgehead atoms. The van der Waals surface area contributed by atoms with Crippen molar-refractivity contribution in [2.45, 2.75) is 53.7 Å². The van der Waals surface area contributed by atoms with Crippen molar-refractivity contribution in [3.63, 3.8) is 0 Å². The Labute approximate surface area is 170 Å². The lowest BCUT2D eigenvalue weighted by Gasteiger charge is -2.41. The zero-order valence-electron chi connectivity index (χ0n) is 15.7. The van der Waals surface area contributed by atoms with Crippen molar-refractivity contribution in [3.05, 3.63) is 47.5 Å². The highest BCUT2D eigenvalue weighted by Gasteiger charge is 2.61. The maximum absolute atomic E-state index is 11.1. The molecule has 3 aliphatic rings. The molecule has 27 heavy (non-hydrogen) atoms. The van der Waals surface area contributed by atoms with Gasteiger partial charge in [0.2, 0.25) is 5.72 Å². The first-order chi connectivity index (χ1) is 13.0. The first-order valence-electron chi connectivity index (χ1n) is 9.92. The van der Waals surface area contributed by atoms with Crippen molar-refractivity contribution in [3.8, 4) is 0 Å². The molecule has 3 heterocycles. The highest BCUT2D eigenvalue weighted by atomic mass is 35.5. The van der Waals surface area contributed by atoms with Crippen molar-refractivity contribution in [2.24, 2.45) is 0 Å². The van der Waals surface area contributed by atoms with Crippen molar-refractivity contribution in [1.82, 2.24) is 0 Å². The second-order valence-electron chi connectivity index (χ2n) is 8.39. The molecule has 0 spiro atoms. The fourth-order valence-corrected chi connectivity index (χ4v) is 6.72. The van der Waals surface area contributed by atoms with Gasteiger partial charge in [-0.25, -0.2) is 0 Å². The molecule has 0 aliphatic carbocycles. The van der Waals surface area contributed by atoms with Crippen molar-refractivity contribution < 1.29 is 9.59 Å². The Morgan fingerprint density at radius 3 is 2.63 bits per heavy atom. The van der Waals surface area contributed by atoms with Crippen LogP contribution in [0, 0.1) is 0 Å². The van der Waals surface area contributed by atoms with Crippen LogP contribution in [0.25, 0.3) is 0 Å². The van der Waals surface area contributed by atoms with E-state index in [-0.39, 0.29) is 0 Å². The Balaban J connectivity index is 1.40. The third-order valence-electron chi connectivity index (χ3n) is 7.10. The molecule has 0 amide bonds. The predicted molar refractivity (Wildman–Crippen MR) is 112 cm³/mol. The number of quaternary nitrogens is 1. The summed E-state index contributed by atoms with van der Waals surface area (Å²) in [6.07, 6.45) is 5.34. The summed E-state index contributed by atoms with van der Waals surface area (Å²) in [5, 5.41) is 11.9. The van der Waals surface area contributed by atoms with Gasteiger partial charge in [0, 0.05) is 53.5 Å². The Bertz CT molecular complexity index is 880. The lowest BCUT2D eigenvalue weighted by Crippen LogP contribution is -2.57. The first-order valence-corrected chi connectivity index (χ1v) is 11.1. The number of hydrogen-bond acceptors (Lipinski definition) is 3. The molecule has 2 saturated heterocycles. The molecule has 0 radical (unpaired) electrons. The maximum atomic E-state index is 11.1. The molecule has 0 saturated carbocycles. The van der Waals surface area contributed by atoms with E-state index in [2.05, 4.69) is 48.3 Å². The van der Waals surface area contributed by atoms with E-state index in [0.717, 1.165) is 41.9 Å². The van der Waals surface area contributed by atoms with Crippen LogP contribution < -0.4 is 4.90 Å². The number of fused-ring (bicyclic) bond motifs is 4. The first kappa shape index (κ1) is 17.9. The normalized spacial score (nSPS) is 31.1. The molecule has 2 aromatic carbocycles. The SMILES string of the molecule is C[N+]1(CCCN2c3ccccc3Sc3ccc(Cl)cc32)C2CCC1(O)CC2. The molecular formula is C22H26ClN2OS+. The van der Waals surface area contributed by atoms with Gasteiger partial charge in [0.25, 0.3) is 0 Å². The fourth-order valence-electron chi connectivity index (χ4n) is 5.48. The summed E-state index contributed by atoms with van der Waals surface area (Å²) >= 11 is 8.14. The lowest BCUT2D eigenvalue weighted by molar-refractivity contribution is -0.976. The third kappa shape index (κ3) is 2.72. The number of nitrogens with zero attached hydrogens (tertiary/aromatic N) is 2. The monoisotopic (exact) mass is 401 g/mol. The summed E-state index contributed by atoms with van der Waals surface area (Å²) in [7, 11) is 2.27. The quantitative estimate of drug-likeness (QED) is 0.691. The number of halogens is 1. The highest BCUT2D eigenvalue weighted by molar-refractivity contribution is 7.99. The fraction of sp³-hybridized carbons (Fsp3) is 0.455. The van der Waals surface area contributed by atoms with Crippen LogP contribution in [-0.4, -0.2) is 41.5 Å². The average Bonchev–Trinajstić information content (AvgIpc) is 3.06. The molecule has 2 aromatic rings. The van der Waals surface area contributed by atoms with E-state index in [0.29, 0.717) is 6.04 Å². The van der Waals surface area contributed by atoms with Crippen LogP contribution in [0.5, 0.6) is 0 Å². The maximum Gasteiger partial charge on any atom is 0.201 e. The van der Waals surface area contributed by atoms with Crippen molar-refractivity contribution in [1.29, 1.82) is 0 Å². The summed E-state index contributed by atoms with van der Waals surface area (Å²) in [6, 6.07) is 15.4. The van der Waals surface area contributed by atoms with Gasteiger partial charge in [-0.05, 0) is 30.3 Å². The van der Waals surface area contributed by atoms with Crippen LogP contribution in [0.2, 0.25) is 5.02 Å². The number of hydrogen-bond donors (Lipinski definition) is 1. The Hall–Kier alpha value is -1.20. The van der Waals surface area contributed by atoms with E-state index in [1.165, 1.54) is 34.0 Å². The standard InChI is InChI=1S/C22H26ClN2OS/c1-25(17-9-11-22(25,26)12-10-17)14-4-13-24-18-5-2-3-6-20(18)27-21-8-7-16(23)15-19(21)24/h2-3,5-8,15,17,26H,4,9-14H2,1H3/q+1. The number of rotatable bonds is 4. The second-order valence-corrected chi connectivity index (χ2v) is 9.91. The summed E-state index contributed by atoms with van der Waals surface area (Å²) in [5.41, 5.74) is 1.99. The van der Waals surface area contributed by atoms with E-state index in [4.69, 9.17) is 11.6 Å². The van der Waals surface area contributed by atoms with Gasteiger partial charge in [-0.3, -0.25) is 4.48 Å². The minimum atomic E-state index is -0.485. The van der Waals surface area contributed by atoms with Crippen molar-refractivity contribution >= 4 is 34.7 Å². The van der Waals surface area contributed by atoms with Gasteiger partial charge in [0.1, 0.15) is 0 Å². The minimum absolute atomic E-state index is 0.485. The van der Waals surface area contributed by atoms with Gasteiger partial charge in [-0.2, -0.15) is 0 Å². The number of benzene rings is 2. The van der Waals surface area contributed by atoms with E-state index >= 15 is 0 Å². The third-order valence-corrected chi connectivity index (χ3v) is 8.47. The van der Waals surface area contributed by atoms with E-state index in [9.17, 15) is 5.11 Å². The number of aliphatic hydroxyl groups is 1. The second kappa shape index (κ2) is 6.41. The topological polar surface area (TPSA) is 23.5 Å². The minimum Gasteiger partial charge on any atom is -0.342 e. The smallest absolute Gasteiger partial charge is 0.201 e. The van der Waals surface area contributed by atoms with Gasteiger partial charge in [-0.1, -0.05) is 35.5 Å². The molecule has 5 rings (SSSR count). The van der Waals surface area contributed by atoms with E-state index in [1.807, 2.05) is 17.8 Å². The van der Waals surface area contributed by atoms with Crippen LogP contribution in [0.3, 0.4) is 0 Å². The van der Waals surface area contributed by atoms with Crippen molar-refractivity contribution in [2.75, 3.05) is 25.0 Å². The Kier molecular flexibility index (Phi) is 4.24. The van der Waals surface area contributed by atoms with Gasteiger partial charge in [-0.15, -0.1) is 0 Å². The van der Waals surface area contributed by atoms with Gasteiger partial charge < -0.3 is 10.0 Å².